The molecule has 0 bridgehead atoms. The number of hydrazine groups is 1. The van der Waals surface area contributed by atoms with Gasteiger partial charge in [-0.15, -0.1) is 0 Å². The molecule has 1 amide bonds. The Kier molecular flexibility index (Phi) is 4.33. The van der Waals surface area contributed by atoms with Crippen LogP contribution < -0.4 is 5.43 Å². The largest absolute Gasteiger partial charge is 0.304 e. The molecular weight excluding hydrogens is 302 g/mol. The van der Waals surface area contributed by atoms with Gasteiger partial charge in [0.05, 0.1) is 5.69 Å². The molecule has 1 aliphatic rings. The van der Waals surface area contributed by atoms with E-state index < -0.39 is 0 Å². The molecule has 0 saturated carbocycles. The van der Waals surface area contributed by atoms with E-state index >= 15 is 0 Å². The van der Waals surface area contributed by atoms with Gasteiger partial charge in [0.15, 0.2) is 0 Å². The van der Waals surface area contributed by atoms with Gasteiger partial charge in [0, 0.05) is 43.5 Å². The summed E-state index contributed by atoms with van der Waals surface area (Å²) in [6.07, 6.45) is 2.49. The van der Waals surface area contributed by atoms with Crippen molar-refractivity contribution in [2.45, 2.75) is 13.3 Å². The molecular formula is C15H20ClN5O. The van der Waals surface area contributed by atoms with E-state index in [1.54, 1.807) is 22.7 Å². The van der Waals surface area contributed by atoms with E-state index in [-0.39, 0.29) is 5.91 Å². The van der Waals surface area contributed by atoms with Crippen molar-refractivity contribution in [3.8, 4) is 0 Å². The van der Waals surface area contributed by atoms with Crippen LogP contribution in [0.2, 0.25) is 5.02 Å². The molecule has 1 fully saturated rings. The number of piperazine rings is 1. The molecule has 0 aromatic carbocycles. The predicted octanol–water partition coefficient (Wildman–Crippen LogP) is 1.44. The van der Waals surface area contributed by atoms with Gasteiger partial charge in [-0.1, -0.05) is 18.5 Å². The standard InChI is InChI=1S/C15H20ClN5O/c1-3-12-14(21-5-4-11(16)10-13(21)17-12)15(22)18-20-8-6-19(2)7-9-20/h4-5,10H,3,6-9H2,1-2H3,(H,18,22). The number of hydrogen-bond donors (Lipinski definition) is 1. The number of hydrogen-bond acceptors (Lipinski definition) is 4. The number of aromatic nitrogens is 2. The molecule has 3 heterocycles. The predicted molar refractivity (Wildman–Crippen MR) is 86.1 cm³/mol. The number of rotatable bonds is 3. The summed E-state index contributed by atoms with van der Waals surface area (Å²) in [6, 6.07) is 3.54. The number of carbonyl (C=O) groups is 1. The van der Waals surface area contributed by atoms with Gasteiger partial charge >= 0.3 is 0 Å². The van der Waals surface area contributed by atoms with Crippen LogP contribution in [-0.2, 0) is 6.42 Å². The number of imidazole rings is 1. The first kappa shape index (κ1) is 15.3. The summed E-state index contributed by atoms with van der Waals surface area (Å²) >= 11 is 6.01. The highest BCUT2D eigenvalue weighted by Gasteiger charge is 2.22. The van der Waals surface area contributed by atoms with Gasteiger partial charge in [-0.3, -0.25) is 14.6 Å². The molecule has 7 heteroatoms. The Morgan fingerprint density at radius 2 is 2.09 bits per heavy atom. The zero-order chi connectivity index (χ0) is 15.7. The maximum atomic E-state index is 12.7. The quantitative estimate of drug-likeness (QED) is 0.929. The van der Waals surface area contributed by atoms with Crippen molar-refractivity contribution < 1.29 is 4.79 Å². The maximum absolute atomic E-state index is 12.7. The van der Waals surface area contributed by atoms with E-state index in [9.17, 15) is 4.79 Å². The fourth-order valence-electron chi connectivity index (χ4n) is 2.67. The lowest BCUT2D eigenvalue weighted by Crippen LogP contribution is -2.52. The molecule has 6 nitrogen and oxygen atoms in total. The Labute approximate surface area is 134 Å². The first-order chi connectivity index (χ1) is 10.6. The summed E-state index contributed by atoms with van der Waals surface area (Å²) in [5.41, 5.74) is 5.08. The lowest BCUT2D eigenvalue weighted by atomic mass is 10.2. The van der Waals surface area contributed by atoms with Gasteiger partial charge in [-0.2, -0.15) is 0 Å². The molecule has 3 rings (SSSR count). The fourth-order valence-corrected chi connectivity index (χ4v) is 2.82. The topological polar surface area (TPSA) is 52.9 Å². The summed E-state index contributed by atoms with van der Waals surface area (Å²) in [5.74, 6) is -0.115. The van der Waals surface area contributed by atoms with E-state index in [4.69, 9.17) is 11.6 Å². The Morgan fingerprint density at radius 3 is 2.77 bits per heavy atom. The smallest absolute Gasteiger partial charge is 0.284 e. The minimum absolute atomic E-state index is 0.115. The highest BCUT2D eigenvalue weighted by atomic mass is 35.5. The maximum Gasteiger partial charge on any atom is 0.284 e. The van der Waals surface area contributed by atoms with Crippen molar-refractivity contribution in [2.24, 2.45) is 0 Å². The van der Waals surface area contributed by atoms with E-state index in [1.165, 1.54) is 0 Å². The molecule has 2 aromatic rings. The van der Waals surface area contributed by atoms with Crippen LogP contribution in [0.4, 0.5) is 0 Å². The molecule has 0 atom stereocenters. The molecule has 0 unspecified atom stereocenters. The lowest BCUT2D eigenvalue weighted by Gasteiger charge is -2.32. The number of fused-ring (bicyclic) bond motifs is 1. The Morgan fingerprint density at radius 1 is 1.36 bits per heavy atom. The van der Waals surface area contributed by atoms with Crippen molar-refractivity contribution in [2.75, 3.05) is 33.2 Å². The van der Waals surface area contributed by atoms with Gasteiger partial charge in [-0.05, 0) is 19.5 Å². The molecule has 2 aromatic heterocycles. The van der Waals surface area contributed by atoms with Gasteiger partial charge in [0.25, 0.3) is 5.91 Å². The van der Waals surface area contributed by atoms with Crippen LogP contribution in [0, 0.1) is 0 Å². The number of nitrogens with one attached hydrogen (secondary N) is 1. The molecule has 22 heavy (non-hydrogen) atoms. The summed E-state index contributed by atoms with van der Waals surface area (Å²) < 4.78 is 1.80. The van der Waals surface area contributed by atoms with E-state index in [1.807, 2.05) is 11.9 Å². The number of amides is 1. The fraction of sp³-hybridized carbons (Fsp3) is 0.467. The number of halogens is 1. The molecule has 0 radical (unpaired) electrons. The van der Waals surface area contributed by atoms with Gasteiger partial charge < -0.3 is 4.90 Å². The minimum atomic E-state index is -0.115. The number of aryl methyl sites for hydroxylation is 1. The first-order valence-electron chi connectivity index (χ1n) is 7.49. The molecule has 1 aliphatic heterocycles. The van der Waals surface area contributed by atoms with Gasteiger partial charge in [0.2, 0.25) is 0 Å². The molecule has 0 spiro atoms. The van der Waals surface area contributed by atoms with E-state index in [2.05, 4.69) is 22.4 Å². The van der Waals surface area contributed by atoms with Crippen LogP contribution in [0.3, 0.4) is 0 Å². The zero-order valence-electron chi connectivity index (χ0n) is 12.8. The van der Waals surface area contributed by atoms with Gasteiger partial charge in [0.1, 0.15) is 11.3 Å². The van der Waals surface area contributed by atoms with Crippen LogP contribution in [-0.4, -0.2) is 58.4 Å². The van der Waals surface area contributed by atoms with E-state index in [0.717, 1.165) is 31.9 Å². The molecule has 1 saturated heterocycles. The summed E-state index contributed by atoms with van der Waals surface area (Å²) in [4.78, 5) is 19.4. The average molecular weight is 322 g/mol. The van der Waals surface area contributed by atoms with Crippen LogP contribution in [0.1, 0.15) is 23.1 Å². The molecule has 118 valence electrons. The van der Waals surface area contributed by atoms with Crippen LogP contribution >= 0.6 is 11.6 Å². The third kappa shape index (κ3) is 2.95. The number of nitrogens with zero attached hydrogens (tertiary/aromatic N) is 4. The van der Waals surface area contributed by atoms with Crippen molar-refractivity contribution in [1.82, 2.24) is 24.7 Å². The van der Waals surface area contributed by atoms with Crippen molar-refractivity contribution >= 4 is 23.2 Å². The summed E-state index contributed by atoms with van der Waals surface area (Å²) in [5, 5.41) is 2.59. The van der Waals surface area contributed by atoms with Crippen LogP contribution in [0.25, 0.3) is 5.65 Å². The van der Waals surface area contributed by atoms with Crippen molar-refractivity contribution in [3.63, 3.8) is 0 Å². The number of pyridine rings is 1. The van der Waals surface area contributed by atoms with Crippen molar-refractivity contribution in [3.05, 3.63) is 34.7 Å². The molecule has 1 N–H and O–H groups in total. The monoisotopic (exact) mass is 321 g/mol. The SMILES string of the molecule is CCc1nc2cc(Cl)ccn2c1C(=O)NN1CCN(C)CC1. The number of likely N-dealkylation sites (N-methyl/N-ethyl adjacent to an activating group) is 1. The van der Waals surface area contributed by atoms with Crippen LogP contribution in [0.5, 0.6) is 0 Å². The lowest BCUT2D eigenvalue weighted by molar-refractivity contribution is 0.0656. The average Bonchev–Trinajstić information content (AvgIpc) is 2.87. The zero-order valence-corrected chi connectivity index (χ0v) is 13.6. The van der Waals surface area contributed by atoms with E-state index in [0.29, 0.717) is 22.8 Å². The summed E-state index contributed by atoms with van der Waals surface area (Å²) in [6.45, 7) is 5.54. The normalized spacial score (nSPS) is 17.0. The molecule has 0 aliphatic carbocycles. The second kappa shape index (κ2) is 6.24. The Balaban J connectivity index is 1.86. The minimum Gasteiger partial charge on any atom is -0.304 e. The third-order valence-corrected chi connectivity index (χ3v) is 4.21. The second-order valence-electron chi connectivity index (χ2n) is 5.57. The third-order valence-electron chi connectivity index (χ3n) is 3.97. The highest BCUT2D eigenvalue weighted by molar-refractivity contribution is 6.30. The van der Waals surface area contributed by atoms with Crippen molar-refractivity contribution in [1.29, 1.82) is 0 Å². The van der Waals surface area contributed by atoms with Crippen LogP contribution in [0.15, 0.2) is 18.3 Å². The van der Waals surface area contributed by atoms with Gasteiger partial charge in [-0.25, -0.2) is 9.99 Å². The first-order valence-corrected chi connectivity index (χ1v) is 7.87. The Bertz CT molecular complexity index is 691. The summed E-state index contributed by atoms with van der Waals surface area (Å²) in [7, 11) is 2.09. The highest BCUT2D eigenvalue weighted by Crippen LogP contribution is 2.17. The second-order valence-corrected chi connectivity index (χ2v) is 6.00. The Hall–Kier alpha value is -1.63. The number of carbonyl (C=O) groups excluding carboxylic acids is 1.